The molecule has 0 radical (unpaired) electrons. The first-order valence-electron chi connectivity index (χ1n) is 20.6. The third kappa shape index (κ3) is 6.14. The molecule has 0 saturated carbocycles. The molecule has 11 rings (SSSR count). The van der Waals surface area contributed by atoms with Crippen LogP contribution in [0.25, 0.3) is 65.3 Å². The predicted octanol–water partition coefficient (Wildman–Crippen LogP) is 16.6. The normalized spacial score (nSPS) is 11.3. The van der Waals surface area contributed by atoms with Crippen LogP contribution in [0.2, 0.25) is 0 Å². The molecule has 60 heavy (non-hydrogen) atoms. The number of nitrogens with zero attached hydrogens (tertiary/aromatic N) is 2. The maximum absolute atomic E-state index is 2.47. The molecule has 0 saturated heterocycles. The summed E-state index contributed by atoms with van der Waals surface area (Å²) in [4.78, 5) is 4.92. The summed E-state index contributed by atoms with van der Waals surface area (Å²) in [6.45, 7) is 0. The molecule has 0 fully saturated rings. The molecule has 11 aromatic rings. The molecule has 2 heteroatoms. The number of fused-ring (bicyclic) bond motifs is 5. The van der Waals surface area contributed by atoms with Gasteiger partial charge in [-0.3, -0.25) is 0 Å². The van der Waals surface area contributed by atoms with Crippen molar-refractivity contribution >= 4 is 77.2 Å². The van der Waals surface area contributed by atoms with Gasteiger partial charge in [0.25, 0.3) is 0 Å². The molecule has 0 spiro atoms. The summed E-state index contributed by atoms with van der Waals surface area (Å²) >= 11 is 0. The lowest BCUT2D eigenvalue weighted by Crippen LogP contribution is -2.15. The number of benzene rings is 11. The van der Waals surface area contributed by atoms with E-state index in [4.69, 9.17) is 0 Å². The first kappa shape index (κ1) is 35.2. The van der Waals surface area contributed by atoms with Gasteiger partial charge < -0.3 is 9.80 Å². The Morgan fingerprint density at radius 2 is 0.617 bits per heavy atom. The largest absolute Gasteiger partial charge is 0.310 e. The predicted molar refractivity (Wildman–Crippen MR) is 257 cm³/mol. The zero-order valence-electron chi connectivity index (χ0n) is 33.0. The van der Waals surface area contributed by atoms with Crippen LogP contribution in [0, 0.1) is 0 Å². The number of hydrogen-bond donors (Lipinski definition) is 0. The van der Waals surface area contributed by atoms with E-state index in [9.17, 15) is 0 Å². The van der Waals surface area contributed by atoms with Crippen LogP contribution in [-0.4, -0.2) is 0 Å². The van der Waals surface area contributed by atoms with Crippen molar-refractivity contribution in [3.8, 4) is 22.3 Å². The fourth-order valence-corrected chi connectivity index (χ4v) is 9.10. The van der Waals surface area contributed by atoms with E-state index in [1.807, 2.05) is 0 Å². The van der Waals surface area contributed by atoms with E-state index in [-0.39, 0.29) is 0 Å². The average Bonchev–Trinajstić information content (AvgIpc) is 3.32. The molecular weight excluding hydrogens is 725 g/mol. The van der Waals surface area contributed by atoms with Crippen molar-refractivity contribution in [3.63, 3.8) is 0 Å². The quantitative estimate of drug-likeness (QED) is 0.142. The summed E-state index contributed by atoms with van der Waals surface area (Å²) in [6.07, 6.45) is 0. The van der Waals surface area contributed by atoms with Gasteiger partial charge in [-0.1, -0.05) is 194 Å². The highest BCUT2D eigenvalue weighted by Gasteiger charge is 2.25. The summed E-state index contributed by atoms with van der Waals surface area (Å²) in [5, 5.41) is 9.67. The standard InChI is InChI=1S/C58H40N2/c1-3-24-44(25-4-1)59(56-35-15-13-31-52(56)50-33-17-22-41-19-7-10-28-47(41)50)46-39-55-49-30-12-9-21-43(49)37-38-54(55)58(40-46)60(45-26-5-2-6-27-45)57-36-16-14-32-53(57)51-34-18-23-42-20-8-11-29-48(42)51/h1-40H. The molecule has 0 aliphatic rings. The van der Waals surface area contributed by atoms with Crippen LogP contribution in [0.3, 0.4) is 0 Å². The fraction of sp³-hybridized carbons (Fsp3) is 0. The Balaban J connectivity index is 1.23. The van der Waals surface area contributed by atoms with Gasteiger partial charge in [-0.2, -0.15) is 0 Å². The summed E-state index contributed by atoms with van der Waals surface area (Å²) in [5.74, 6) is 0. The number of para-hydroxylation sites is 4. The Morgan fingerprint density at radius 1 is 0.200 bits per heavy atom. The lowest BCUT2D eigenvalue weighted by atomic mass is 9.94. The van der Waals surface area contributed by atoms with Crippen molar-refractivity contribution in [1.29, 1.82) is 0 Å². The molecule has 0 heterocycles. The van der Waals surface area contributed by atoms with Crippen LogP contribution in [0.5, 0.6) is 0 Å². The highest BCUT2D eigenvalue weighted by Crippen LogP contribution is 2.50. The van der Waals surface area contributed by atoms with Crippen LogP contribution in [-0.2, 0) is 0 Å². The Bertz CT molecular complexity index is 3320. The summed E-state index contributed by atoms with van der Waals surface area (Å²) < 4.78 is 0. The van der Waals surface area contributed by atoms with Crippen molar-refractivity contribution in [1.82, 2.24) is 0 Å². The second kappa shape index (κ2) is 15.1. The van der Waals surface area contributed by atoms with Crippen molar-refractivity contribution < 1.29 is 0 Å². The molecule has 0 bridgehead atoms. The van der Waals surface area contributed by atoms with Gasteiger partial charge in [0, 0.05) is 33.6 Å². The van der Waals surface area contributed by atoms with Gasteiger partial charge in [0.15, 0.2) is 0 Å². The highest BCUT2D eigenvalue weighted by atomic mass is 15.2. The zero-order chi connectivity index (χ0) is 39.8. The van der Waals surface area contributed by atoms with Crippen LogP contribution >= 0.6 is 0 Å². The summed E-state index contributed by atoms with van der Waals surface area (Å²) in [6, 6.07) is 88.1. The van der Waals surface area contributed by atoms with E-state index >= 15 is 0 Å². The smallest absolute Gasteiger partial charge is 0.0561 e. The third-order valence-electron chi connectivity index (χ3n) is 11.8. The minimum atomic E-state index is 1.07. The highest BCUT2D eigenvalue weighted by molar-refractivity contribution is 6.16. The molecule has 0 unspecified atom stereocenters. The first-order chi connectivity index (χ1) is 29.8. The lowest BCUT2D eigenvalue weighted by molar-refractivity contribution is 1.26. The fourth-order valence-electron chi connectivity index (χ4n) is 9.10. The second-order valence-corrected chi connectivity index (χ2v) is 15.3. The van der Waals surface area contributed by atoms with E-state index in [1.165, 1.54) is 65.3 Å². The molecule has 0 N–H and O–H groups in total. The molecule has 0 aliphatic carbocycles. The second-order valence-electron chi connectivity index (χ2n) is 15.3. The Kier molecular flexibility index (Phi) is 8.87. The van der Waals surface area contributed by atoms with Crippen LogP contribution < -0.4 is 9.80 Å². The maximum Gasteiger partial charge on any atom is 0.0561 e. The number of hydrogen-bond acceptors (Lipinski definition) is 2. The van der Waals surface area contributed by atoms with Gasteiger partial charge in [0.2, 0.25) is 0 Å². The topological polar surface area (TPSA) is 6.48 Å². The van der Waals surface area contributed by atoms with Crippen LogP contribution in [0.15, 0.2) is 243 Å². The van der Waals surface area contributed by atoms with Crippen LogP contribution in [0.1, 0.15) is 0 Å². The zero-order valence-corrected chi connectivity index (χ0v) is 33.0. The van der Waals surface area contributed by atoms with Gasteiger partial charge in [-0.05, 0) is 97.4 Å². The number of rotatable bonds is 8. The van der Waals surface area contributed by atoms with Crippen molar-refractivity contribution in [2.75, 3.05) is 9.80 Å². The molecule has 0 aromatic heterocycles. The van der Waals surface area contributed by atoms with E-state index in [0.717, 1.165) is 34.1 Å². The molecule has 0 amide bonds. The lowest BCUT2D eigenvalue weighted by Gasteiger charge is -2.33. The Labute approximate surface area is 350 Å². The minimum Gasteiger partial charge on any atom is -0.310 e. The SMILES string of the molecule is c1ccc(N(c2cc(N(c3ccccc3)c3ccccc3-c3cccc4ccccc34)c3ccc4ccccc4c3c2)c2ccccc2-c2cccc3ccccc23)cc1. The Morgan fingerprint density at radius 3 is 1.20 bits per heavy atom. The molecule has 11 aromatic carbocycles. The van der Waals surface area contributed by atoms with Gasteiger partial charge in [0.05, 0.1) is 17.1 Å². The first-order valence-corrected chi connectivity index (χ1v) is 20.6. The monoisotopic (exact) mass is 764 g/mol. The Hall–Kier alpha value is -7.94. The van der Waals surface area contributed by atoms with Gasteiger partial charge in [0.1, 0.15) is 0 Å². The maximum atomic E-state index is 2.47. The molecule has 2 nitrogen and oxygen atoms in total. The van der Waals surface area contributed by atoms with Gasteiger partial charge >= 0.3 is 0 Å². The van der Waals surface area contributed by atoms with E-state index in [2.05, 4.69) is 252 Å². The minimum absolute atomic E-state index is 1.07. The van der Waals surface area contributed by atoms with Crippen LogP contribution in [0.4, 0.5) is 34.1 Å². The number of anilines is 6. The van der Waals surface area contributed by atoms with Gasteiger partial charge in [-0.15, -0.1) is 0 Å². The molecule has 0 aliphatic heterocycles. The van der Waals surface area contributed by atoms with Gasteiger partial charge in [-0.25, -0.2) is 0 Å². The van der Waals surface area contributed by atoms with Crippen molar-refractivity contribution in [2.45, 2.75) is 0 Å². The van der Waals surface area contributed by atoms with Crippen molar-refractivity contribution in [2.24, 2.45) is 0 Å². The summed E-state index contributed by atoms with van der Waals surface area (Å²) in [7, 11) is 0. The van der Waals surface area contributed by atoms with E-state index in [1.54, 1.807) is 0 Å². The van der Waals surface area contributed by atoms with E-state index < -0.39 is 0 Å². The third-order valence-corrected chi connectivity index (χ3v) is 11.8. The average molecular weight is 765 g/mol. The van der Waals surface area contributed by atoms with E-state index in [0.29, 0.717) is 0 Å². The molecule has 0 atom stereocenters. The summed E-state index contributed by atoms with van der Waals surface area (Å²) in [5.41, 5.74) is 11.3. The molecule has 282 valence electrons. The molecular formula is C58H40N2. The van der Waals surface area contributed by atoms with Crippen molar-refractivity contribution in [3.05, 3.63) is 243 Å².